The van der Waals surface area contributed by atoms with Gasteiger partial charge in [-0.3, -0.25) is 0 Å². The third-order valence-electron chi connectivity index (χ3n) is 5.43. The summed E-state index contributed by atoms with van der Waals surface area (Å²) in [4.78, 5) is 0. The number of hydrogen-bond acceptors (Lipinski definition) is 1. The molecule has 0 fully saturated rings. The quantitative estimate of drug-likeness (QED) is 0.310. The Morgan fingerprint density at radius 3 is 2.14 bits per heavy atom. The third-order valence-corrected chi connectivity index (χ3v) is 5.43. The van der Waals surface area contributed by atoms with Gasteiger partial charge >= 0.3 is 0 Å². The maximum Gasteiger partial charge on any atom is 0.217 e. The average molecular weight is 430 g/mol. The summed E-state index contributed by atoms with van der Waals surface area (Å²) in [6.07, 6.45) is 0. The summed E-state index contributed by atoms with van der Waals surface area (Å²) in [5, 5.41) is 4.88. The summed E-state index contributed by atoms with van der Waals surface area (Å²) in [6, 6.07) is 30.0. The van der Waals surface area contributed by atoms with Crippen molar-refractivity contribution < 1.29 is 26.3 Å². The highest BCUT2D eigenvalue weighted by Crippen LogP contribution is 2.41. The molecule has 0 amide bonds. The number of ether oxygens (including phenoxy) is 1. The van der Waals surface area contributed by atoms with Gasteiger partial charge in [0.2, 0.25) is 11.0 Å². The van der Waals surface area contributed by atoms with Gasteiger partial charge in [0, 0.05) is 17.7 Å². The van der Waals surface area contributed by atoms with E-state index in [0.717, 1.165) is 16.7 Å². The van der Waals surface area contributed by atoms with Gasteiger partial charge in [-0.25, -0.2) is 0 Å². The van der Waals surface area contributed by atoms with Crippen LogP contribution in [0.2, 0.25) is 0 Å². The van der Waals surface area contributed by atoms with Crippen molar-refractivity contribution in [1.29, 1.82) is 0 Å². The Balaban J connectivity index is 0.00000192. The van der Waals surface area contributed by atoms with Gasteiger partial charge in [-0.2, -0.15) is 4.57 Å². The highest BCUT2D eigenvalue weighted by molar-refractivity contribution is 6.14. The Labute approximate surface area is 174 Å². The number of fused-ring (bicyclic) bond motifs is 3. The topological polar surface area (TPSA) is 13.1 Å². The average Bonchev–Trinajstić information content (AvgIpc) is 2.74. The Bertz CT molecular complexity index is 1320. The minimum Gasteiger partial charge on any atom is -1.00 e. The van der Waals surface area contributed by atoms with Crippen LogP contribution in [0, 0.1) is 0 Å². The molecule has 0 aliphatic carbocycles. The predicted molar refractivity (Wildman–Crippen MR) is 112 cm³/mol. The number of methoxy groups -OCH3 is 1. The Morgan fingerprint density at radius 1 is 0.679 bits per heavy atom. The number of nitrogens with zero attached hydrogens (tertiary/aromatic N) is 1. The molecule has 1 heterocycles. The lowest BCUT2D eigenvalue weighted by atomic mass is 9.91. The zero-order valence-electron chi connectivity index (χ0n) is 15.8. The monoisotopic (exact) mass is 429 g/mol. The van der Waals surface area contributed by atoms with Crippen LogP contribution in [0.15, 0.2) is 84.9 Å². The van der Waals surface area contributed by atoms with Gasteiger partial charge in [0.25, 0.3) is 0 Å². The number of hydrogen-bond donors (Lipinski definition) is 0. The lowest BCUT2D eigenvalue weighted by Crippen LogP contribution is -3.00. The molecular formula is C25H20BrNO. The summed E-state index contributed by atoms with van der Waals surface area (Å²) in [5.74, 6) is 0.900. The molecular weight excluding hydrogens is 410 g/mol. The van der Waals surface area contributed by atoms with E-state index in [-0.39, 0.29) is 17.0 Å². The molecule has 0 saturated heterocycles. The Kier molecular flexibility index (Phi) is 4.78. The number of benzene rings is 4. The second-order valence-electron chi connectivity index (χ2n) is 6.83. The maximum atomic E-state index is 5.79. The van der Waals surface area contributed by atoms with Crippen molar-refractivity contribution in [2.24, 2.45) is 7.05 Å². The van der Waals surface area contributed by atoms with E-state index in [0.29, 0.717) is 0 Å². The molecule has 138 valence electrons. The Hall–Kier alpha value is -2.91. The molecule has 0 aliphatic rings. The van der Waals surface area contributed by atoms with E-state index >= 15 is 0 Å². The van der Waals surface area contributed by atoms with Crippen LogP contribution in [0.25, 0.3) is 43.7 Å². The largest absolute Gasteiger partial charge is 1.00 e. The summed E-state index contributed by atoms with van der Waals surface area (Å²) >= 11 is 0. The highest BCUT2D eigenvalue weighted by Gasteiger charge is 2.22. The fraction of sp³-hybridized carbons (Fsp3) is 0.0800. The van der Waals surface area contributed by atoms with E-state index in [1.165, 1.54) is 32.8 Å². The van der Waals surface area contributed by atoms with E-state index in [9.17, 15) is 0 Å². The molecule has 0 saturated carbocycles. The van der Waals surface area contributed by atoms with Gasteiger partial charge < -0.3 is 21.7 Å². The van der Waals surface area contributed by atoms with Crippen LogP contribution in [0.3, 0.4) is 0 Å². The van der Waals surface area contributed by atoms with Crippen molar-refractivity contribution in [2.75, 3.05) is 7.11 Å². The zero-order valence-corrected chi connectivity index (χ0v) is 17.4. The van der Waals surface area contributed by atoms with Gasteiger partial charge in [0.05, 0.1) is 17.9 Å². The maximum absolute atomic E-state index is 5.79. The smallest absolute Gasteiger partial charge is 0.217 e. The molecule has 2 nitrogen and oxygen atoms in total. The first-order valence-electron chi connectivity index (χ1n) is 9.15. The summed E-state index contributed by atoms with van der Waals surface area (Å²) in [6.45, 7) is 0. The number of halogens is 1. The van der Waals surface area contributed by atoms with Crippen molar-refractivity contribution in [1.82, 2.24) is 0 Å². The van der Waals surface area contributed by atoms with Crippen molar-refractivity contribution in [2.45, 2.75) is 0 Å². The Morgan fingerprint density at radius 2 is 1.32 bits per heavy atom. The van der Waals surface area contributed by atoms with Gasteiger partial charge in [-0.15, -0.1) is 0 Å². The normalized spacial score (nSPS) is 10.9. The number of aromatic nitrogens is 1. The molecule has 0 N–H and O–H groups in total. The molecule has 0 bridgehead atoms. The van der Waals surface area contributed by atoms with E-state index in [1.807, 2.05) is 6.07 Å². The summed E-state index contributed by atoms with van der Waals surface area (Å²) in [7, 11) is 3.87. The van der Waals surface area contributed by atoms with E-state index in [1.54, 1.807) is 7.11 Å². The molecule has 0 spiro atoms. The van der Waals surface area contributed by atoms with E-state index in [4.69, 9.17) is 4.74 Å². The first-order valence-corrected chi connectivity index (χ1v) is 9.15. The molecule has 0 atom stereocenters. The molecule has 0 radical (unpaired) electrons. The lowest BCUT2D eigenvalue weighted by Gasteiger charge is -2.15. The highest BCUT2D eigenvalue weighted by atomic mass is 79.9. The second-order valence-corrected chi connectivity index (χ2v) is 6.83. The first-order chi connectivity index (χ1) is 13.3. The number of aryl methyl sites for hydroxylation is 1. The van der Waals surface area contributed by atoms with Gasteiger partial charge in [-0.1, -0.05) is 60.7 Å². The van der Waals surface area contributed by atoms with Crippen LogP contribution < -0.4 is 26.3 Å². The lowest BCUT2D eigenvalue weighted by molar-refractivity contribution is -0.617. The number of pyridine rings is 1. The summed E-state index contributed by atoms with van der Waals surface area (Å²) in [5.41, 5.74) is 4.84. The standard InChI is InChI=1S/C25H20NO.BrH/c1-26-21-14-6-5-12-20(21)24(25-22(26)15-8-16-23(25)27-2)19-13-7-10-17-9-3-4-11-18(17)19;/h3-16H,1-2H3;1H/q+1;/p-1. The van der Waals surface area contributed by atoms with Crippen molar-refractivity contribution in [3.8, 4) is 16.9 Å². The molecule has 3 heteroatoms. The third kappa shape index (κ3) is 2.66. The van der Waals surface area contributed by atoms with Crippen molar-refractivity contribution in [3.05, 3.63) is 84.9 Å². The van der Waals surface area contributed by atoms with Crippen molar-refractivity contribution >= 4 is 32.6 Å². The molecule has 5 aromatic rings. The predicted octanol–water partition coefficient (Wildman–Crippen LogP) is 2.65. The molecule has 0 aliphatic heterocycles. The van der Waals surface area contributed by atoms with Crippen LogP contribution in [0.4, 0.5) is 0 Å². The minimum absolute atomic E-state index is 0. The van der Waals surface area contributed by atoms with Crippen LogP contribution >= 0.6 is 0 Å². The van der Waals surface area contributed by atoms with E-state index < -0.39 is 0 Å². The fourth-order valence-corrected chi connectivity index (χ4v) is 4.19. The fourth-order valence-electron chi connectivity index (χ4n) is 4.19. The molecule has 5 rings (SSSR count). The minimum atomic E-state index is 0. The SMILES string of the molecule is COc1cccc2c1c(-c1cccc3ccccc13)c1ccccc1[n+]2C.[Br-]. The van der Waals surface area contributed by atoms with Crippen LogP contribution in [-0.2, 0) is 7.05 Å². The summed E-state index contributed by atoms with van der Waals surface area (Å²) < 4.78 is 8.04. The van der Waals surface area contributed by atoms with Gasteiger partial charge in [0.15, 0.2) is 0 Å². The molecule has 28 heavy (non-hydrogen) atoms. The zero-order chi connectivity index (χ0) is 18.4. The molecule has 0 unspecified atom stereocenters. The van der Waals surface area contributed by atoms with Crippen LogP contribution in [0.1, 0.15) is 0 Å². The van der Waals surface area contributed by atoms with Gasteiger partial charge in [0.1, 0.15) is 12.8 Å². The van der Waals surface area contributed by atoms with E-state index in [2.05, 4.69) is 90.5 Å². The van der Waals surface area contributed by atoms with Crippen LogP contribution in [-0.4, -0.2) is 7.11 Å². The number of rotatable bonds is 2. The number of para-hydroxylation sites is 1. The second kappa shape index (κ2) is 7.25. The van der Waals surface area contributed by atoms with Gasteiger partial charge in [-0.05, 0) is 28.5 Å². The first kappa shape index (κ1) is 18.5. The van der Waals surface area contributed by atoms with Crippen LogP contribution in [0.5, 0.6) is 5.75 Å². The molecule has 1 aromatic heterocycles. The molecule has 4 aromatic carbocycles. The van der Waals surface area contributed by atoms with Crippen molar-refractivity contribution in [3.63, 3.8) is 0 Å².